The molecule has 0 radical (unpaired) electrons. The molecule has 0 aliphatic carbocycles. The summed E-state index contributed by atoms with van der Waals surface area (Å²) in [6.07, 6.45) is -8.91. The van der Waals surface area contributed by atoms with Gasteiger partial charge in [-0.25, -0.2) is 14.2 Å². The Balaban J connectivity index is 2.33. The predicted octanol–water partition coefficient (Wildman–Crippen LogP) is 5.71. The predicted molar refractivity (Wildman–Crippen MR) is 114 cm³/mol. The quantitative estimate of drug-likeness (QED) is 0.350. The first-order valence-electron chi connectivity index (χ1n) is 11.0. The second-order valence-electron chi connectivity index (χ2n) is 8.30. The molecule has 34 heavy (non-hydrogen) atoms. The van der Waals surface area contributed by atoms with E-state index >= 15 is 0 Å². The molecule has 12 heteroatoms. The van der Waals surface area contributed by atoms with E-state index in [4.69, 9.17) is 0 Å². The monoisotopic (exact) mass is 498 g/mol. The molecule has 192 valence electrons. The van der Waals surface area contributed by atoms with Crippen LogP contribution >= 0.6 is 0 Å². The highest BCUT2D eigenvalue weighted by molar-refractivity contribution is 6.01. The van der Waals surface area contributed by atoms with Crippen LogP contribution in [-0.2, 0) is 0 Å². The highest BCUT2D eigenvalue weighted by Crippen LogP contribution is 2.53. The standard InChI is InChI=1S/C22H29F7N4O/c1-4-5-6-7-8-9-14-30-19(34)33(3)18-20(21(24,25)26,22(27,28)29)31-17(32(18)2)15-10-12-16(23)13-11-15/h10-13,18H,4-9,14H2,1-3H3,(H,30,34). The molecule has 1 aromatic rings. The maximum absolute atomic E-state index is 14.1. The summed E-state index contributed by atoms with van der Waals surface area (Å²) in [6.45, 7) is 2.17. The second-order valence-corrected chi connectivity index (χ2v) is 8.30. The Labute approximate surface area is 194 Å². The average molecular weight is 498 g/mol. The van der Waals surface area contributed by atoms with Crippen LogP contribution in [-0.4, -0.2) is 66.4 Å². The van der Waals surface area contributed by atoms with E-state index in [0.717, 1.165) is 70.5 Å². The lowest BCUT2D eigenvalue weighted by atomic mass is 9.94. The van der Waals surface area contributed by atoms with Crippen molar-refractivity contribution in [3.63, 3.8) is 0 Å². The van der Waals surface area contributed by atoms with Crippen LogP contribution in [0.5, 0.6) is 0 Å². The molecule has 0 fully saturated rings. The van der Waals surface area contributed by atoms with Gasteiger partial charge in [0, 0.05) is 26.2 Å². The van der Waals surface area contributed by atoms with Crippen LogP contribution in [0.2, 0.25) is 0 Å². The topological polar surface area (TPSA) is 47.9 Å². The number of nitrogens with zero attached hydrogens (tertiary/aromatic N) is 3. The zero-order valence-electron chi connectivity index (χ0n) is 19.2. The van der Waals surface area contributed by atoms with E-state index in [1.807, 2.05) is 0 Å². The van der Waals surface area contributed by atoms with Gasteiger partial charge in [-0.3, -0.25) is 0 Å². The first-order valence-corrected chi connectivity index (χ1v) is 11.0. The van der Waals surface area contributed by atoms with Crippen molar-refractivity contribution >= 4 is 11.9 Å². The van der Waals surface area contributed by atoms with Gasteiger partial charge >= 0.3 is 18.4 Å². The fraction of sp³-hybridized carbons (Fsp3) is 0.636. The van der Waals surface area contributed by atoms with E-state index in [1.54, 1.807) is 0 Å². The number of carbonyl (C=O) groups excluding carboxylic acids is 1. The summed E-state index contributed by atoms with van der Waals surface area (Å²) < 4.78 is 97.8. The SMILES string of the molecule is CCCCCCCCNC(=O)N(C)C1N(C)C(c2ccc(F)cc2)=NC1(C(F)(F)F)C(F)(F)F. The van der Waals surface area contributed by atoms with Crippen LogP contribution in [0, 0.1) is 5.82 Å². The van der Waals surface area contributed by atoms with Crippen molar-refractivity contribution in [1.82, 2.24) is 15.1 Å². The van der Waals surface area contributed by atoms with Gasteiger partial charge in [0.15, 0.2) is 6.17 Å². The van der Waals surface area contributed by atoms with Gasteiger partial charge in [0.1, 0.15) is 11.7 Å². The lowest BCUT2D eigenvalue weighted by Gasteiger charge is -2.42. The number of halogens is 7. The van der Waals surface area contributed by atoms with Crippen LogP contribution in [0.25, 0.3) is 0 Å². The number of hydrogen-bond donors (Lipinski definition) is 1. The molecule has 1 N–H and O–H groups in total. The average Bonchev–Trinajstić information content (AvgIpc) is 3.07. The highest BCUT2D eigenvalue weighted by atomic mass is 19.4. The molecule has 1 unspecified atom stereocenters. The molecule has 1 aromatic carbocycles. The van der Waals surface area contributed by atoms with Gasteiger partial charge in [0.2, 0.25) is 0 Å². The zero-order valence-corrected chi connectivity index (χ0v) is 19.2. The third-order valence-electron chi connectivity index (χ3n) is 5.82. The number of nitrogens with one attached hydrogen (secondary N) is 1. The van der Waals surface area contributed by atoms with Gasteiger partial charge in [0.05, 0.1) is 0 Å². The van der Waals surface area contributed by atoms with Gasteiger partial charge in [-0.05, 0) is 30.7 Å². The highest BCUT2D eigenvalue weighted by Gasteiger charge is 2.79. The lowest BCUT2D eigenvalue weighted by molar-refractivity contribution is -0.311. The summed E-state index contributed by atoms with van der Waals surface area (Å²) in [7, 11) is 1.86. The van der Waals surface area contributed by atoms with Crippen molar-refractivity contribution in [1.29, 1.82) is 0 Å². The van der Waals surface area contributed by atoms with E-state index in [9.17, 15) is 35.5 Å². The molecule has 2 rings (SSSR count). The maximum atomic E-state index is 14.1. The summed E-state index contributed by atoms with van der Waals surface area (Å²) in [6, 6.07) is 2.78. The van der Waals surface area contributed by atoms with Gasteiger partial charge in [-0.15, -0.1) is 0 Å². The number of rotatable bonds is 9. The van der Waals surface area contributed by atoms with E-state index in [1.165, 1.54) is 0 Å². The van der Waals surface area contributed by atoms with Crippen molar-refractivity contribution in [3.8, 4) is 0 Å². The van der Waals surface area contributed by atoms with E-state index < -0.39 is 41.7 Å². The van der Waals surface area contributed by atoms with E-state index in [2.05, 4.69) is 17.2 Å². The number of aliphatic imine (C=N–C) groups is 1. The van der Waals surface area contributed by atoms with Gasteiger partial charge in [-0.2, -0.15) is 26.3 Å². The van der Waals surface area contributed by atoms with Crippen molar-refractivity contribution in [3.05, 3.63) is 35.6 Å². The zero-order chi connectivity index (χ0) is 25.7. The Bertz CT molecular complexity index is 838. The molecule has 1 aliphatic heterocycles. The van der Waals surface area contributed by atoms with Gasteiger partial charge in [-0.1, -0.05) is 39.0 Å². The third-order valence-corrected chi connectivity index (χ3v) is 5.82. The number of urea groups is 1. The Morgan fingerprint density at radius 2 is 1.56 bits per heavy atom. The van der Waals surface area contributed by atoms with Crippen molar-refractivity contribution in [2.45, 2.75) is 69.5 Å². The molecule has 0 saturated heterocycles. The molecule has 5 nitrogen and oxygen atoms in total. The second kappa shape index (κ2) is 10.8. The van der Waals surface area contributed by atoms with Crippen molar-refractivity contribution in [2.75, 3.05) is 20.6 Å². The van der Waals surface area contributed by atoms with E-state index in [-0.39, 0.29) is 12.1 Å². The smallest absolute Gasteiger partial charge is 0.338 e. The number of likely N-dealkylation sites (N-methyl/N-ethyl adjacent to an activating group) is 2. The normalized spacial score (nSPS) is 18.1. The Kier molecular flexibility index (Phi) is 8.81. The molecule has 0 bridgehead atoms. The minimum Gasteiger partial charge on any atom is -0.338 e. The van der Waals surface area contributed by atoms with Crippen LogP contribution in [0.15, 0.2) is 29.3 Å². The fourth-order valence-electron chi connectivity index (χ4n) is 4.02. The summed E-state index contributed by atoms with van der Waals surface area (Å²) >= 11 is 0. The number of amidine groups is 1. The van der Waals surface area contributed by atoms with E-state index in [0.29, 0.717) is 16.2 Å². The number of alkyl halides is 6. The van der Waals surface area contributed by atoms with Gasteiger partial charge in [0.25, 0.3) is 5.54 Å². The Morgan fingerprint density at radius 1 is 1.03 bits per heavy atom. The summed E-state index contributed by atoms with van der Waals surface area (Å²) in [4.78, 5) is 16.7. The van der Waals surface area contributed by atoms with Crippen molar-refractivity contribution in [2.24, 2.45) is 4.99 Å². The van der Waals surface area contributed by atoms with Crippen LogP contribution < -0.4 is 5.32 Å². The molecule has 2 amide bonds. The molecule has 0 saturated carbocycles. The molecule has 1 aliphatic rings. The molecule has 0 aromatic heterocycles. The minimum absolute atomic E-state index is 0.114. The molecular formula is C22H29F7N4O. The maximum Gasteiger partial charge on any atom is 0.426 e. The third kappa shape index (κ3) is 5.57. The molecule has 0 spiro atoms. The fourth-order valence-corrected chi connectivity index (χ4v) is 4.02. The van der Waals surface area contributed by atoms with Crippen LogP contribution in [0.1, 0.15) is 51.0 Å². The number of unbranched alkanes of at least 4 members (excludes halogenated alkanes) is 5. The lowest BCUT2D eigenvalue weighted by Crippen LogP contribution is -2.69. The Hall–Kier alpha value is -2.53. The summed E-state index contributed by atoms with van der Waals surface area (Å²) in [5.74, 6) is -1.37. The Morgan fingerprint density at radius 3 is 2.09 bits per heavy atom. The summed E-state index contributed by atoms with van der Waals surface area (Å²) in [5.41, 5.74) is -4.74. The molecular weight excluding hydrogens is 469 g/mol. The number of amides is 2. The minimum atomic E-state index is -5.88. The van der Waals surface area contributed by atoms with Crippen LogP contribution in [0.3, 0.4) is 0 Å². The number of carbonyl (C=O) groups is 1. The van der Waals surface area contributed by atoms with Gasteiger partial charge < -0.3 is 15.1 Å². The first-order chi connectivity index (χ1) is 15.8. The molecule has 1 heterocycles. The van der Waals surface area contributed by atoms with Crippen LogP contribution in [0.4, 0.5) is 35.5 Å². The summed E-state index contributed by atoms with van der Waals surface area (Å²) in [5, 5.41) is 2.40. The number of hydrogen-bond acceptors (Lipinski definition) is 3. The van der Waals surface area contributed by atoms with Crippen molar-refractivity contribution < 1.29 is 35.5 Å². The number of benzene rings is 1. The first kappa shape index (κ1) is 27.7. The molecule has 1 atom stereocenters. The largest absolute Gasteiger partial charge is 0.426 e.